The Bertz CT molecular complexity index is 402. The smallest absolute Gasteiger partial charge is 0.161 e. The Morgan fingerprint density at radius 3 is 2.68 bits per heavy atom. The Morgan fingerprint density at radius 1 is 1.26 bits per heavy atom. The number of hydrogen-bond donors (Lipinski definition) is 1. The minimum atomic E-state index is 0.373. The normalized spacial score (nSPS) is 12.6. The van der Waals surface area contributed by atoms with E-state index in [9.17, 15) is 0 Å². The highest BCUT2D eigenvalue weighted by Crippen LogP contribution is 2.28. The van der Waals surface area contributed by atoms with Crippen LogP contribution in [0.2, 0.25) is 0 Å². The Labute approximate surface area is 116 Å². The molecule has 0 amide bonds. The molecule has 0 aliphatic heterocycles. The van der Waals surface area contributed by atoms with Crippen LogP contribution >= 0.6 is 0 Å². The molecule has 0 fully saturated rings. The second-order valence-electron chi connectivity index (χ2n) is 4.45. The van der Waals surface area contributed by atoms with Crippen molar-refractivity contribution in [3.63, 3.8) is 0 Å². The largest absolute Gasteiger partial charge is 0.493 e. The molecule has 0 aromatic heterocycles. The van der Waals surface area contributed by atoms with Crippen LogP contribution in [0, 0.1) is 0 Å². The number of rotatable bonds is 8. The van der Waals surface area contributed by atoms with E-state index in [4.69, 9.17) is 9.47 Å². The molecule has 1 aromatic carbocycles. The number of ether oxygens (including phenoxy) is 2. The summed E-state index contributed by atoms with van der Waals surface area (Å²) in [6.07, 6.45) is 5.41. The molecule has 0 radical (unpaired) electrons. The molecule has 0 saturated carbocycles. The van der Waals surface area contributed by atoms with Crippen LogP contribution < -0.4 is 14.8 Å². The summed E-state index contributed by atoms with van der Waals surface area (Å²) in [6.45, 7) is 7.97. The zero-order valence-electron chi connectivity index (χ0n) is 12.4. The lowest BCUT2D eigenvalue weighted by Crippen LogP contribution is -2.24. The minimum absolute atomic E-state index is 0.373. The maximum Gasteiger partial charge on any atom is 0.161 e. The van der Waals surface area contributed by atoms with Gasteiger partial charge in [-0.25, -0.2) is 0 Å². The number of nitrogens with one attached hydrogen (secondary N) is 1. The van der Waals surface area contributed by atoms with Crippen molar-refractivity contribution in [3.8, 4) is 11.5 Å². The van der Waals surface area contributed by atoms with Crippen LogP contribution in [0.25, 0.3) is 6.08 Å². The maximum atomic E-state index is 5.57. The number of benzene rings is 1. The fraction of sp³-hybridized carbons (Fsp3) is 0.500. The quantitative estimate of drug-likeness (QED) is 0.778. The highest BCUT2D eigenvalue weighted by molar-refractivity contribution is 5.56. The minimum Gasteiger partial charge on any atom is -0.493 e. The summed E-state index contributed by atoms with van der Waals surface area (Å²) in [4.78, 5) is 0. The van der Waals surface area contributed by atoms with E-state index in [1.54, 1.807) is 7.11 Å². The predicted molar refractivity (Wildman–Crippen MR) is 81.0 cm³/mol. The van der Waals surface area contributed by atoms with Gasteiger partial charge in [0.2, 0.25) is 0 Å². The zero-order chi connectivity index (χ0) is 14.1. The van der Waals surface area contributed by atoms with Crippen molar-refractivity contribution in [3.05, 3.63) is 29.8 Å². The van der Waals surface area contributed by atoms with Crippen LogP contribution in [-0.2, 0) is 0 Å². The molecule has 0 spiro atoms. The van der Waals surface area contributed by atoms with Crippen molar-refractivity contribution in [2.45, 2.75) is 33.2 Å². The molecule has 1 atom stereocenters. The molecular formula is C16H25NO2. The molecule has 0 aliphatic carbocycles. The molecule has 3 heteroatoms. The molecule has 0 bridgehead atoms. The van der Waals surface area contributed by atoms with Gasteiger partial charge in [0.15, 0.2) is 11.5 Å². The van der Waals surface area contributed by atoms with Gasteiger partial charge in [-0.3, -0.25) is 0 Å². The first-order chi connectivity index (χ1) is 9.21. The van der Waals surface area contributed by atoms with E-state index in [0.29, 0.717) is 12.6 Å². The second-order valence-corrected chi connectivity index (χ2v) is 4.45. The number of methoxy groups -OCH3 is 1. The Kier molecular flexibility index (Phi) is 7.04. The molecular weight excluding hydrogens is 238 g/mol. The SMILES string of the molecule is CCCNC(C)/C=C/c1ccc(OC)c(OCC)c1. The van der Waals surface area contributed by atoms with E-state index < -0.39 is 0 Å². The first-order valence-electron chi connectivity index (χ1n) is 6.93. The molecule has 1 rings (SSSR count). The van der Waals surface area contributed by atoms with E-state index >= 15 is 0 Å². The van der Waals surface area contributed by atoms with Crippen molar-refractivity contribution < 1.29 is 9.47 Å². The Balaban J connectivity index is 2.72. The highest BCUT2D eigenvalue weighted by atomic mass is 16.5. The molecule has 19 heavy (non-hydrogen) atoms. The third-order valence-electron chi connectivity index (χ3n) is 2.78. The fourth-order valence-corrected chi connectivity index (χ4v) is 1.76. The highest BCUT2D eigenvalue weighted by Gasteiger charge is 2.04. The van der Waals surface area contributed by atoms with E-state index in [1.165, 1.54) is 0 Å². The molecule has 1 aromatic rings. The van der Waals surface area contributed by atoms with Crippen molar-refractivity contribution in [1.82, 2.24) is 5.32 Å². The van der Waals surface area contributed by atoms with Crippen molar-refractivity contribution >= 4 is 6.08 Å². The molecule has 1 N–H and O–H groups in total. The molecule has 0 heterocycles. The zero-order valence-corrected chi connectivity index (χ0v) is 12.4. The second kappa shape index (κ2) is 8.59. The lowest BCUT2D eigenvalue weighted by atomic mass is 10.1. The van der Waals surface area contributed by atoms with Gasteiger partial charge in [0.25, 0.3) is 0 Å². The molecule has 3 nitrogen and oxygen atoms in total. The first-order valence-corrected chi connectivity index (χ1v) is 6.93. The summed E-state index contributed by atoms with van der Waals surface area (Å²) in [5.41, 5.74) is 1.12. The third kappa shape index (κ3) is 5.35. The lowest BCUT2D eigenvalue weighted by Gasteiger charge is -2.10. The summed E-state index contributed by atoms with van der Waals surface area (Å²) in [7, 11) is 1.66. The average molecular weight is 263 g/mol. The van der Waals surface area contributed by atoms with Gasteiger partial charge in [-0.05, 0) is 44.5 Å². The van der Waals surface area contributed by atoms with E-state index in [2.05, 4.69) is 31.3 Å². The van der Waals surface area contributed by atoms with Crippen LogP contribution in [0.15, 0.2) is 24.3 Å². The fourth-order valence-electron chi connectivity index (χ4n) is 1.76. The van der Waals surface area contributed by atoms with Gasteiger partial charge in [-0.15, -0.1) is 0 Å². The van der Waals surface area contributed by atoms with Gasteiger partial charge in [-0.2, -0.15) is 0 Å². The summed E-state index contributed by atoms with van der Waals surface area (Å²) >= 11 is 0. The molecule has 0 saturated heterocycles. The van der Waals surface area contributed by atoms with Gasteiger partial charge in [0, 0.05) is 6.04 Å². The topological polar surface area (TPSA) is 30.5 Å². The summed E-state index contributed by atoms with van der Waals surface area (Å²) in [5, 5.41) is 3.42. The van der Waals surface area contributed by atoms with Crippen LogP contribution in [0.5, 0.6) is 11.5 Å². The predicted octanol–water partition coefficient (Wildman–Crippen LogP) is 3.50. The summed E-state index contributed by atoms with van der Waals surface area (Å²) in [6, 6.07) is 6.35. The van der Waals surface area contributed by atoms with Crippen molar-refractivity contribution in [2.24, 2.45) is 0 Å². The van der Waals surface area contributed by atoms with Gasteiger partial charge in [-0.1, -0.05) is 25.1 Å². The Morgan fingerprint density at radius 2 is 2.05 bits per heavy atom. The first kappa shape index (κ1) is 15.6. The monoisotopic (exact) mass is 263 g/mol. The standard InChI is InChI=1S/C16H25NO2/c1-5-11-17-13(3)7-8-14-9-10-15(18-4)16(12-14)19-6-2/h7-10,12-13,17H,5-6,11H2,1-4H3/b8-7+. The Hall–Kier alpha value is -1.48. The van der Waals surface area contributed by atoms with Gasteiger partial charge >= 0.3 is 0 Å². The third-order valence-corrected chi connectivity index (χ3v) is 2.78. The van der Waals surface area contributed by atoms with Crippen molar-refractivity contribution in [2.75, 3.05) is 20.3 Å². The lowest BCUT2D eigenvalue weighted by molar-refractivity contribution is 0.311. The van der Waals surface area contributed by atoms with E-state index in [0.717, 1.165) is 30.0 Å². The maximum absolute atomic E-state index is 5.57. The van der Waals surface area contributed by atoms with Crippen LogP contribution in [-0.4, -0.2) is 26.3 Å². The molecule has 1 unspecified atom stereocenters. The van der Waals surface area contributed by atoms with Crippen LogP contribution in [0.1, 0.15) is 32.8 Å². The van der Waals surface area contributed by atoms with E-state index in [-0.39, 0.29) is 0 Å². The van der Waals surface area contributed by atoms with Gasteiger partial charge in [0.05, 0.1) is 13.7 Å². The average Bonchev–Trinajstić information content (AvgIpc) is 2.43. The van der Waals surface area contributed by atoms with Crippen LogP contribution in [0.3, 0.4) is 0 Å². The van der Waals surface area contributed by atoms with E-state index in [1.807, 2.05) is 25.1 Å². The summed E-state index contributed by atoms with van der Waals surface area (Å²) < 4.78 is 10.8. The van der Waals surface area contributed by atoms with Crippen molar-refractivity contribution in [1.29, 1.82) is 0 Å². The molecule has 0 aliphatic rings. The van der Waals surface area contributed by atoms with Crippen LogP contribution in [0.4, 0.5) is 0 Å². The van der Waals surface area contributed by atoms with Gasteiger partial charge in [0.1, 0.15) is 0 Å². The number of hydrogen-bond acceptors (Lipinski definition) is 3. The summed E-state index contributed by atoms with van der Waals surface area (Å²) in [5.74, 6) is 1.57. The van der Waals surface area contributed by atoms with Gasteiger partial charge < -0.3 is 14.8 Å². The molecule has 106 valence electrons.